The Kier molecular flexibility index (Phi) is 4.89. The summed E-state index contributed by atoms with van der Waals surface area (Å²) in [7, 11) is 0. The SMILES string of the molecule is CCNC(C)c1ccc2c(c1)CCN2C/C(C)=C/Cl. The Morgan fingerprint density at radius 3 is 3.00 bits per heavy atom. The van der Waals surface area contributed by atoms with E-state index in [1.54, 1.807) is 5.54 Å². The van der Waals surface area contributed by atoms with Gasteiger partial charge in [0.2, 0.25) is 0 Å². The van der Waals surface area contributed by atoms with Gasteiger partial charge in [-0.3, -0.25) is 0 Å². The molecule has 3 heteroatoms. The molecule has 1 aromatic rings. The Hall–Kier alpha value is -0.990. The molecule has 0 fully saturated rings. The van der Waals surface area contributed by atoms with Gasteiger partial charge < -0.3 is 10.2 Å². The molecule has 1 atom stereocenters. The molecule has 0 spiro atoms. The second kappa shape index (κ2) is 6.44. The molecule has 2 nitrogen and oxygen atoms in total. The molecule has 0 amide bonds. The first-order chi connectivity index (χ1) is 9.15. The number of benzene rings is 1. The second-order valence-corrected chi connectivity index (χ2v) is 5.51. The summed E-state index contributed by atoms with van der Waals surface area (Å²) in [5, 5.41) is 3.47. The molecule has 0 bridgehead atoms. The maximum absolute atomic E-state index is 5.76. The third-order valence-corrected chi connectivity index (χ3v) is 4.10. The first-order valence-electron chi connectivity index (χ1n) is 7.02. The Labute approximate surface area is 121 Å². The first kappa shape index (κ1) is 14.4. The van der Waals surface area contributed by atoms with E-state index in [0.29, 0.717) is 6.04 Å². The lowest BCUT2D eigenvalue weighted by Gasteiger charge is -2.20. The average Bonchev–Trinajstić information content (AvgIpc) is 2.81. The van der Waals surface area contributed by atoms with Crippen molar-refractivity contribution in [2.75, 3.05) is 24.5 Å². The van der Waals surface area contributed by atoms with E-state index in [9.17, 15) is 0 Å². The topological polar surface area (TPSA) is 15.3 Å². The molecule has 0 aliphatic carbocycles. The summed E-state index contributed by atoms with van der Waals surface area (Å²) < 4.78 is 0. The van der Waals surface area contributed by atoms with Crippen LogP contribution >= 0.6 is 11.6 Å². The zero-order valence-corrected chi connectivity index (χ0v) is 12.8. The van der Waals surface area contributed by atoms with E-state index in [1.807, 2.05) is 0 Å². The summed E-state index contributed by atoms with van der Waals surface area (Å²) in [6.45, 7) is 9.47. The molecule has 1 aromatic carbocycles. The number of fused-ring (bicyclic) bond motifs is 1. The van der Waals surface area contributed by atoms with Gasteiger partial charge in [-0.15, -0.1) is 0 Å². The molecule has 1 heterocycles. The van der Waals surface area contributed by atoms with Crippen molar-refractivity contribution in [2.24, 2.45) is 0 Å². The van der Waals surface area contributed by atoms with Gasteiger partial charge in [-0.25, -0.2) is 0 Å². The highest BCUT2D eigenvalue weighted by atomic mass is 35.5. The maximum atomic E-state index is 5.76. The van der Waals surface area contributed by atoms with Crippen LogP contribution in [0.5, 0.6) is 0 Å². The lowest BCUT2D eigenvalue weighted by molar-refractivity contribution is 0.598. The predicted molar refractivity (Wildman–Crippen MR) is 84.1 cm³/mol. The van der Waals surface area contributed by atoms with Crippen molar-refractivity contribution < 1.29 is 0 Å². The Balaban J connectivity index is 2.15. The van der Waals surface area contributed by atoms with Gasteiger partial charge in [-0.2, -0.15) is 0 Å². The zero-order chi connectivity index (χ0) is 13.8. The van der Waals surface area contributed by atoms with Crippen molar-refractivity contribution >= 4 is 17.3 Å². The first-order valence-corrected chi connectivity index (χ1v) is 7.46. The normalized spacial score (nSPS) is 16.6. The number of hydrogen-bond donors (Lipinski definition) is 1. The largest absolute Gasteiger partial charge is 0.367 e. The van der Waals surface area contributed by atoms with E-state index >= 15 is 0 Å². The van der Waals surface area contributed by atoms with Crippen LogP contribution in [0.3, 0.4) is 0 Å². The maximum Gasteiger partial charge on any atom is 0.0402 e. The molecule has 0 aromatic heterocycles. The van der Waals surface area contributed by atoms with Crippen molar-refractivity contribution in [1.82, 2.24) is 5.32 Å². The third kappa shape index (κ3) is 3.31. The highest BCUT2D eigenvalue weighted by Crippen LogP contribution is 2.31. The van der Waals surface area contributed by atoms with Gasteiger partial charge in [0.05, 0.1) is 0 Å². The van der Waals surface area contributed by atoms with Crippen molar-refractivity contribution in [2.45, 2.75) is 33.2 Å². The van der Waals surface area contributed by atoms with Gasteiger partial charge >= 0.3 is 0 Å². The molecule has 2 rings (SSSR count). The van der Waals surface area contributed by atoms with Gasteiger partial charge in [0, 0.05) is 30.4 Å². The molecule has 104 valence electrons. The van der Waals surface area contributed by atoms with Gasteiger partial charge in [-0.05, 0) is 49.6 Å². The number of halogens is 1. The van der Waals surface area contributed by atoms with Crippen LogP contribution in [0.2, 0.25) is 0 Å². The van der Waals surface area contributed by atoms with Crippen LogP contribution in [0.1, 0.15) is 37.9 Å². The predicted octanol–water partition coefficient (Wildman–Crippen LogP) is 3.86. The van der Waals surface area contributed by atoms with Crippen LogP contribution in [-0.2, 0) is 6.42 Å². The van der Waals surface area contributed by atoms with Crippen molar-refractivity contribution in [3.05, 3.63) is 40.4 Å². The summed E-state index contributed by atoms with van der Waals surface area (Å²) in [5.74, 6) is 0. The van der Waals surface area contributed by atoms with Gasteiger partial charge in [0.25, 0.3) is 0 Å². The van der Waals surface area contributed by atoms with Crippen LogP contribution in [0.25, 0.3) is 0 Å². The Bertz CT molecular complexity index is 468. The molecule has 0 saturated carbocycles. The lowest BCUT2D eigenvalue weighted by atomic mass is 10.0. The molecular formula is C16H23ClN2. The van der Waals surface area contributed by atoms with E-state index in [2.05, 4.69) is 49.2 Å². The number of anilines is 1. The Morgan fingerprint density at radius 2 is 2.32 bits per heavy atom. The van der Waals surface area contributed by atoms with E-state index in [1.165, 1.54) is 22.4 Å². The third-order valence-electron chi connectivity index (χ3n) is 3.73. The molecular weight excluding hydrogens is 256 g/mol. The second-order valence-electron chi connectivity index (χ2n) is 5.29. The van der Waals surface area contributed by atoms with E-state index in [4.69, 9.17) is 11.6 Å². The van der Waals surface area contributed by atoms with Crippen LogP contribution in [-0.4, -0.2) is 19.6 Å². The van der Waals surface area contributed by atoms with E-state index in [-0.39, 0.29) is 0 Å². The number of nitrogens with one attached hydrogen (secondary N) is 1. The van der Waals surface area contributed by atoms with Crippen molar-refractivity contribution in [3.8, 4) is 0 Å². The summed E-state index contributed by atoms with van der Waals surface area (Å²) >= 11 is 5.76. The molecule has 19 heavy (non-hydrogen) atoms. The fourth-order valence-electron chi connectivity index (χ4n) is 2.68. The van der Waals surface area contributed by atoms with Crippen LogP contribution in [0.15, 0.2) is 29.3 Å². The zero-order valence-electron chi connectivity index (χ0n) is 12.0. The van der Waals surface area contributed by atoms with E-state index in [0.717, 1.165) is 26.1 Å². The van der Waals surface area contributed by atoms with Crippen molar-refractivity contribution in [3.63, 3.8) is 0 Å². The molecule has 0 saturated heterocycles. The summed E-state index contributed by atoms with van der Waals surface area (Å²) in [5.41, 5.74) is 7.10. The molecule has 1 unspecified atom stereocenters. The minimum atomic E-state index is 0.425. The minimum absolute atomic E-state index is 0.425. The molecule has 1 aliphatic rings. The highest BCUT2D eigenvalue weighted by Gasteiger charge is 2.20. The van der Waals surface area contributed by atoms with Crippen LogP contribution in [0.4, 0.5) is 5.69 Å². The fraction of sp³-hybridized carbons (Fsp3) is 0.500. The monoisotopic (exact) mass is 278 g/mol. The van der Waals surface area contributed by atoms with Crippen molar-refractivity contribution in [1.29, 1.82) is 0 Å². The van der Waals surface area contributed by atoms with Gasteiger partial charge in [0.15, 0.2) is 0 Å². The standard InChI is InChI=1S/C16H23ClN2/c1-4-18-13(3)14-5-6-16-15(9-14)7-8-19(16)11-12(2)10-17/h5-6,9-10,13,18H,4,7-8,11H2,1-3H3/b12-10+. The van der Waals surface area contributed by atoms with E-state index < -0.39 is 0 Å². The fourth-order valence-corrected chi connectivity index (χ4v) is 2.75. The number of rotatable bonds is 5. The number of hydrogen-bond acceptors (Lipinski definition) is 2. The quantitative estimate of drug-likeness (QED) is 0.880. The van der Waals surface area contributed by atoms with Gasteiger partial charge in [-0.1, -0.05) is 30.7 Å². The van der Waals surface area contributed by atoms with Crippen LogP contribution < -0.4 is 10.2 Å². The molecule has 1 aliphatic heterocycles. The van der Waals surface area contributed by atoms with Crippen LogP contribution in [0, 0.1) is 0 Å². The lowest BCUT2D eigenvalue weighted by Crippen LogP contribution is -2.22. The highest BCUT2D eigenvalue weighted by molar-refractivity contribution is 6.25. The summed E-state index contributed by atoms with van der Waals surface area (Å²) in [4.78, 5) is 2.41. The summed E-state index contributed by atoms with van der Waals surface area (Å²) in [6, 6.07) is 7.27. The Morgan fingerprint density at radius 1 is 1.53 bits per heavy atom. The number of nitrogens with zero attached hydrogens (tertiary/aromatic N) is 1. The van der Waals surface area contributed by atoms with Gasteiger partial charge in [0.1, 0.15) is 0 Å². The molecule has 1 N–H and O–H groups in total. The average molecular weight is 279 g/mol. The smallest absolute Gasteiger partial charge is 0.0402 e. The summed E-state index contributed by atoms with van der Waals surface area (Å²) in [6.07, 6.45) is 1.14. The minimum Gasteiger partial charge on any atom is -0.367 e. The molecule has 0 radical (unpaired) electrons.